The molecule has 5 heteroatoms. The van der Waals surface area contributed by atoms with Crippen molar-refractivity contribution in [3.8, 4) is 0 Å². The quantitative estimate of drug-likeness (QED) is 0.850. The molecule has 0 saturated heterocycles. The molecule has 0 fully saturated rings. The van der Waals surface area contributed by atoms with Crippen molar-refractivity contribution in [2.24, 2.45) is 0 Å². The predicted octanol–water partition coefficient (Wildman–Crippen LogP) is 2.05. The van der Waals surface area contributed by atoms with Crippen LogP contribution < -0.4 is 4.90 Å². The van der Waals surface area contributed by atoms with Gasteiger partial charge in [-0.2, -0.15) is 0 Å². The number of nitrogens with zero attached hydrogens (tertiary/aromatic N) is 1. The summed E-state index contributed by atoms with van der Waals surface area (Å²) in [6.45, 7) is 4.99. The molecule has 0 bridgehead atoms. The average Bonchev–Trinajstić information content (AvgIpc) is 2.24. The number of rotatable bonds is 5. The minimum Gasteiger partial charge on any atom is -0.392 e. The van der Waals surface area contributed by atoms with Gasteiger partial charge in [-0.05, 0) is 38.5 Å². The summed E-state index contributed by atoms with van der Waals surface area (Å²) >= 11 is 0. The van der Waals surface area contributed by atoms with Gasteiger partial charge in [0.25, 0.3) is 0 Å². The zero-order valence-electron chi connectivity index (χ0n) is 10.9. The molecule has 2 N–H and O–H groups in total. The molecule has 0 amide bonds. The first-order chi connectivity index (χ1) is 8.28. The van der Waals surface area contributed by atoms with Crippen LogP contribution in [-0.2, 0) is 6.61 Å². The summed E-state index contributed by atoms with van der Waals surface area (Å²) in [7, 11) is 0. The fraction of sp³-hybridized carbons (Fsp3) is 0.538. The van der Waals surface area contributed by atoms with Gasteiger partial charge in [0.05, 0.1) is 12.2 Å². The standard InChI is InChI=1S/C13H19F2NO2/c1-4-16(8-13(2,3)18)12-10(14)5-9(7-17)6-11(12)15/h5-6,17-18H,4,7-8H2,1-3H3. The number of aliphatic hydroxyl groups is 2. The number of anilines is 1. The van der Waals surface area contributed by atoms with Gasteiger partial charge < -0.3 is 15.1 Å². The lowest BCUT2D eigenvalue weighted by atomic mass is 10.1. The van der Waals surface area contributed by atoms with Crippen LogP contribution in [0, 0.1) is 11.6 Å². The number of likely N-dealkylation sites (N-methyl/N-ethyl adjacent to an activating group) is 1. The smallest absolute Gasteiger partial charge is 0.149 e. The lowest BCUT2D eigenvalue weighted by molar-refractivity contribution is 0.0873. The Labute approximate surface area is 106 Å². The van der Waals surface area contributed by atoms with E-state index in [1.165, 1.54) is 4.90 Å². The second-order valence-corrected chi connectivity index (χ2v) is 4.89. The molecule has 1 aromatic rings. The summed E-state index contributed by atoms with van der Waals surface area (Å²) in [5, 5.41) is 18.6. The Hall–Kier alpha value is -1.20. The van der Waals surface area contributed by atoms with E-state index < -0.39 is 23.8 Å². The van der Waals surface area contributed by atoms with Crippen molar-refractivity contribution in [2.45, 2.75) is 33.0 Å². The largest absolute Gasteiger partial charge is 0.392 e. The zero-order valence-corrected chi connectivity index (χ0v) is 10.9. The molecule has 0 heterocycles. The number of aliphatic hydroxyl groups excluding tert-OH is 1. The first-order valence-electron chi connectivity index (χ1n) is 5.84. The lowest BCUT2D eigenvalue weighted by Gasteiger charge is -2.30. The van der Waals surface area contributed by atoms with Gasteiger partial charge in [0.15, 0.2) is 0 Å². The first-order valence-corrected chi connectivity index (χ1v) is 5.84. The Balaban J connectivity index is 3.14. The Bertz CT molecular complexity index is 393. The Morgan fingerprint density at radius 2 is 1.72 bits per heavy atom. The van der Waals surface area contributed by atoms with Crippen molar-refractivity contribution in [3.63, 3.8) is 0 Å². The average molecular weight is 259 g/mol. The van der Waals surface area contributed by atoms with Crippen LogP contribution in [0.5, 0.6) is 0 Å². The van der Waals surface area contributed by atoms with Gasteiger partial charge in [0.1, 0.15) is 17.3 Å². The van der Waals surface area contributed by atoms with Crippen LogP contribution in [0.1, 0.15) is 26.3 Å². The van der Waals surface area contributed by atoms with Crippen LogP contribution in [0.15, 0.2) is 12.1 Å². The van der Waals surface area contributed by atoms with Gasteiger partial charge in [-0.3, -0.25) is 0 Å². The lowest BCUT2D eigenvalue weighted by Crippen LogP contribution is -2.39. The number of benzene rings is 1. The molecule has 0 atom stereocenters. The van der Waals surface area contributed by atoms with Gasteiger partial charge in [0.2, 0.25) is 0 Å². The van der Waals surface area contributed by atoms with Crippen molar-refractivity contribution in [1.82, 2.24) is 0 Å². The van der Waals surface area contributed by atoms with E-state index in [1.807, 2.05) is 0 Å². The highest BCUT2D eigenvalue weighted by Gasteiger charge is 2.22. The van der Waals surface area contributed by atoms with Crippen LogP contribution >= 0.6 is 0 Å². The highest BCUT2D eigenvalue weighted by atomic mass is 19.1. The molecule has 0 aliphatic rings. The Morgan fingerprint density at radius 3 is 2.06 bits per heavy atom. The van der Waals surface area contributed by atoms with Crippen LogP contribution in [0.4, 0.5) is 14.5 Å². The second kappa shape index (κ2) is 5.63. The zero-order chi connectivity index (χ0) is 13.9. The molecular formula is C13H19F2NO2. The van der Waals surface area contributed by atoms with E-state index in [9.17, 15) is 13.9 Å². The molecule has 18 heavy (non-hydrogen) atoms. The van der Waals surface area contributed by atoms with Crippen LogP contribution in [-0.4, -0.2) is 28.9 Å². The molecular weight excluding hydrogens is 240 g/mol. The fourth-order valence-corrected chi connectivity index (χ4v) is 1.83. The maximum absolute atomic E-state index is 13.8. The molecule has 0 aliphatic carbocycles. The van der Waals surface area contributed by atoms with E-state index >= 15 is 0 Å². The Morgan fingerprint density at radius 1 is 1.22 bits per heavy atom. The second-order valence-electron chi connectivity index (χ2n) is 4.89. The Kier molecular flexibility index (Phi) is 4.65. The molecule has 0 aromatic heterocycles. The number of halogens is 2. The molecule has 1 aromatic carbocycles. The minimum absolute atomic E-state index is 0.121. The summed E-state index contributed by atoms with van der Waals surface area (Å²) in [5.41, 5.74) is -1.03. The van der Waals surface area contributed by atoms with Gasteiger partial charge >= 0.3 is 0 Å². The van der Waals surface area contributed by atoms with Crippen molar-refractivity contribution in [2.75, 3.05) is 18.0 Å². The summed E-state index contributed by atoms with van der Waals surface area (Å²) in [6, 6.07) is 2.21. The highest BCUT2D eigenvalue weighted by molar-refractivity contribution is 5.51. The minimum atomic E-state index is -1.05. The highest BCUT2D eigenvalue weighted by Crippen LogP contribution is 2.26. The topological polar surface area (TPSA) is 43.7 Å². The first kappa shape index (κ1) is 14.9. The number of hydrogen-bond acceptors (Lipinski definition) is 3. The van der Waals surface area contributed by atoms with Gasteiger partial charge in [0, 0.05) is 13.1 Å². The van der Waals surface area contributed by atoms with E-state index in [1.54, 1.807) is 20.8 Å². The molecule has 0 aliphatic heterocycles. The predicted molar refractivity (Wildman–Crippen MR) is 66.5 cm³/mol. The van der Waals surface area contributed by atoms with Crippen LogP contribution in [0.25, 0.3) is 0 Å². The summed E-state index contributed by atoms with van der Waals surface area (Å²) in [6.07, 6.45) is 0. The van der Waals surface area contributed by atoms with E-state index in [0.29, 0.717) is 6.54 Å². The molecule has 0 radical (unpaired) electrons. The van der Waals surface area contributed by atoms with Crippen molar-refractivity contribution in [1.29, 1.82) is 0 Å². The summed E-state index contributed by atoms with van der Waals surface area (Å²) < 4.78 is 27.7. The van der Waals surface area contributed by atoms with E-state index in [0.717, 1.165) is 12.1 Å². The van der Waals surface area contributed by atoms with Crippen LogP contribution in [0.3, 0.4) is 0 Å². The van der Waals surface area contributed by atoms with E-state index in [2.05, 4.69) is 0 Å². The van der Waals surface area contributed by atoms with E-state index in [-0.39, 0.29) is 17.8 Å². The van der Waals surface area contributed by atoms with Crippen molar-refractivity contribution < 1.29 is 19.0 Å². The van der Waals surface area contributed by atoms with Gasteiger partial charge in [-0.1, -0.05) is 0 Å². The van der Waals surface area contributed by atoms with Gasteiger partial charge in [-0.25, -0.2) is 8.78 Å². The van der Waals surface area contributed by atoms with E-state index in [4.69, 9.17) is 5.11 Å². The molecule has 1 rings (SSSR count). The van der Waals surface area contributed by atoms with Crippen molar-refractivity contribution >= 4 is 5.69 Å². The normalized spacial score (nSPS) is 11.7. The molecule has 3 nitrogen and oxygen atoms in total. The maximum atomic E-state index is 13.8. The third kappa shape index (κ3) is 3.65. The third-order valence-electron chi connectivity index (χ3n) is 2.54. The fourth-order valence-electron chi connectivity index (χ4n) is 1.83. The number of hydrogen-bond donors (Lipinski definition) is 2. The SMILES string of the molecule is CCN(CC(C)(C)O)c1c(F)cc(CO)cc1F. The molecule has 0 unspecified atom stereocenters. The van der Waals surface area contributed by atoms with Crippen LogP contribution in [0.2, 0.25) is 0 Å². The monoisotopic (exact) mass is 259 g/mol. The van der Waals surface area contributed by atoms with Gasteiger partial charge in [-0.15, -0.1) is 0 Å². The maximum Gasteiger partial charge on any atom is 0.149 e. The third-order valence-corrected chi connectivity index (χ3v) is 2.54. The molecule has 0 saturated carbocycles. The summed E-state index contributed by atoms with van der Waals surface area (Å²) in [4.78, 5) is 1.44. The summed E-state index contributed by atoms with van der Waals surface area (Å²) in [5.74, 6) is -1.46. The van der Waals surface area contributed by atoms with Crippen molar-refractivity contribution in [3.05, 3.63) is 29.3 Å². The molecule has 0 spiro atoms. The molecule has 102 valence electrons.